The summed E-state index contributed by atoms with van der Waals surface area (Å²) in [5.41, 5.74) is 0.410. The Kier molecular flexibility index (Phi) is 4.88. The molecule has 2 aliphatic heterocycles. The first-order chi connectivity index (χ1) is 16.9. The predicted octanol–water partition coefficient (Wildman–Crippen LogP) is 3.11. The van der Waals surface area contributed by atoms with Gasteiger partial charge in [0.1, 0.15) is 24.3 Å². The molecule has 6 rings (SSSR count). The van der Waals surface area contributed by atoms with Crippen molar-refractivity contribution in [2.75, 3.05) is 25.0 Å². The fourth-order valence-electron chi connectivity index (χ4n) is 4.89. The van der Waals surface area contributed by atoms with Crippen molar-refractivity contribution in [3.05, 3.63) is 59.4 Å². The zero-order valence-corrected chi connectivity index (χ0v) is 18.7. The van der Waals surface area contributed by atoms with Crippen LogP contribution in [0.25, 0.3) is 16.7 Å². The summed E-state index contributed by atoms with van der Waals surface area (Å²) in [5, 5.41) is 11.1. The van der Waals surface area contributed by atoms with Crippen molar-refractivity contribution in [3.8, 4) is 0 Å². The van der Waals surface area contributed by atoms with E-state index < -0.39 is 23.8 Å². The number of amides is 1. The Bertz CT molecular complexity index is 1460. The van der Waals surface area contributed by atoms with Crippen LogP contribution in [0.3, 0.4) is 0 Å². The quantitative estimate of drug-likeness (QED) is 0.451. The van der Waals surface area contributed by atoms with Crippen molar-refractivity contribution >= 4 is 28.4 Å². The van der Waals surface area contributed by atoms with Gasteiger partial charge in [0.05, 0.1) is 28.1 Å². The summed E-state index contributed by atoms with van der Waals surface area (Å²) >= 11 is 0. The predicted molar refractivity (Wildman–Crippen MR) is 121 cm³/mol. The normalized spacial score (nSPS) is 17.6. The molecule has 2 fully saturated rings. The summed E-state index contributed by atoms with van der Waals surface area (Å²) in [6, 6.07) is 4.88. The highest BCUT2D eigenvalue weighted by molar-refractivity contribution is 6.05. The first-order valence-corrected chi connectivity index (χ1v) is 11.2. The highest BCUT2D eigenvalue weighted by Gasteiger charge is 2.52. The lowest BCUT2D eigenvalue weighted by atomic mass is 9.78. The molecule has 2 saturated heterocycles. The number of anilines is 1. The Morgan fingerprint density at radius 1 is 1.14 bits per heavy atom. The number of pyridine rings is 1. The molecule has 2 aliphatic rings. The van der Waals surface area contributed by atoms with E-state index >= 15 is 0 Å². The van der Waals surface area contributed by atoms with Gasteiger partial charge in [0.15, 0.2) is 11.3 Å². The molecular weight excluding hydrogens is 461 g/mol. The molecule has 2 N–H and O–H groups in total. The van der Waals surface area contributed by atoms with Crippen LogP contribution in [-0.2, 0) is 0 Å². The van der Waals surface area contributed by atoms with Crippen molar-refractivity contribution in [1.29, 1.82) is 0 Å². The van der Waals surface area contributed by atoms with E-state index in [1.165, 1.54) is 29.3 Å². The summed E-state index contributed by atoms with van der Waals surface area (Å²) in [5.74, 6) is -0.803. The minimum absolute atomic E-state index is 0.0766. The molecule has 12 heteroatoms. The number of carbonyl (C=O) groups excluding carboxylic acids is 1. The number of nitrogens with zero attached hydrogens (tertiary/aromatic N) is 6. The van der Waals surface area contributed by atoms with E-state index in [9.17, 15) is 18.0 Å². The molecule has 3 aromatic heterocycles. The van der Waals surface area contributed by atoms with E-state index in [2.05, 4.69) is 30.7 Å². The number of nitrogens with one attached hydrogen (secondary N) is 2. The Morgan fingerprint density at radius 2 is 1.91 bits per heavy atom. The summed E-state index contributed by atoms with van der Waals surface area (Å²) in [6.07, 6.45) is 0.688. The van der Waals surface area contributed by atoms with Gasteiger partial charge in [-0.25, -0.2) is 28.1 Å². The average molecular weight is 482 g/mol. The molecule has 0 unspecified atom stereocenters. The van der Waals surface area contributed by atoms with Crippen LogP contribution in [0.2, 0.25) is 0 Å². The van der Waals surface area contributed by atoms with E-state index in [1.54, 1.807) is 13.0 Å². The van der Waals surface area contributed by atoms with Gasteiger partial charge >= 0.3 is 0 Å². The Morgan fingerprint density at radius 3 is 2.60 bits per heavy atom. The van der Waals surface area contributed by atoms with Crippen molar-refractivity contribution in [1.82, 2.24) is 34.8 Å². The number of alkyl halides is 2. The Balaban J connectivity index is 1.42. The molecule has 1 spiro atoms. The molecule has 5 heterocycles. The first kappa shape index (κ1) is 21.7. The molecule has 1 atom stereocenters. The summed E-state index contributed by atoms with van der Waals surface area (Å²) in [7, 11) is 0. The van der Waals surface area contributed by atoms with Gasteiger partial charge in [0.2, 0.25) is 0 Å². The Labute approximate surface area is 197 Å². The Hall–Kier alpha value is -3.80. The molecule has 1 aromatic carbocycles. The molecular formula is C23H21F3N8O. The van der Waals surface area contributed by atoms with Gasteiger partial charge in [0, 0.05) is 25.2 Å². The monoisotopic (exact) mass is 482 g/mol. The SMILES string of the molecule is C[C@@H](Nc1ncnc2c1cc(C(=O)N1CCC13CNC3)c1ncnn12)c1cccc(C(F)F)c1F. The average Bonchev–Trinajstić information content (AvgIpc) is 3.27. The molecule has 9 nitrogen and oxygen atoms in total. The first-order valence-electron chi connectivity index (χ1n) is 11.2. The molecule has 4 aromatic rings. The van der Waals surface area contributed by atoms with Gasteiger partial charge in [-0.3, -0.25) is 4.79 Å². The molecule has 1 amide bonds. The molecule has 0 radical (unpaired) electrons. The van der Waals surface area contributed by atoms with Gasteiger partial charge in [0.25, 0.3) is 12.3 Å². The second-order valence-corrected chi connectivity index (χ2v) is 8.96. The topological polar surface area (TPSA) is 100 Å². The molecule has 35 heavy (non-hydrogen) atoms. The zero-order chi connectivity index (χ0) is 24.3. The van der Waals surface area contributed by atoms with E-state index in [1.807, 2.05) is 4.90 Å². The lowest BCUT2D eigenvalue weighted by Crippen LogP contribution is -2.77. The number of benzene rings is 1. The lowest BCUT2D eigenvalue weighted by molar-refractivity contribution is -0.0321. The maximum absolute atomic E-state index is 14.7. The van der Waals surface area contributed by atoms with E-state index in [-0.39, 0.29) is 17.0 Å². The van der Waals surface area contributed by atoms with E-state index in [0.29, 0.717) is 34.6 Å². The highest BCUT2D eigenvalue weighted by Crippen LogP contribution is 2.37. The van der Waals surface area contributed by atoms with Crippen LogP contribution in [0.15, 0.2) is 36.9 Å². The van der Waals surface area contributed by atoms with E-state index in [0.717, 1.165) is 25.6 Å². The van der Waals surface area contributed by atoms with Crippen molar-refractivity contribution < 1.29 is 18.0 Å². The smallest absolute Gasteiger partial charge is 0.266 e. The third kappa shape index (κ3) is 3.23. The number of hydrogen-bond acceptors (Lipinski definition) is 7. The van der Waals surface area contributed by atoms with Crippen LogP contribution in [-0.4, -0.2) is 60.5 Å². The maximum atomic E-state index is 14.7. The van der Waals surface area contributed by atoms with Crippen molar-refractivity contribution in [3.63, 3.8) is 0 Å². The van der Waals surface area contributed by atoms with E-state index in [4.69, 9.17) is 0 Å². The van der Waals surface area contributed by atoms with Crippen LogP contribution in [0, 0.1) is 5.82 Å². The molecule has 0 saturated carbocycles. The second-order valence-electron chi connectivity index (χ2n) is 8.96. The number of carbonyl (C=O) groups is 1. The van der Waals surface area contributed by atoms with Crippen LogP contribution in [0.1, 0.15) is 47.3 Å². The standard InChI is InChI=1S/C23H21F3N8O/c1-12(13-3-2-4-14(17(13)24)18(25)26)32-19-15-7-16(22(35)33-6-5-23(33)8-27-9-23)21-30-11-31-34(21)20(15)29-10-28-19/h2-4,7,10-12,18,27H,5-6,8-9H2,1H3,(H,28,29,32)/t12-/m1/s1. The number of rotatable bonds is 5. The highest BCUT2D eigenvalue weighted by atomic mass is 19.3. The molecule has 180 valence electrons. The fraction of sp³-hybridized carbons (Fsp3) is 0.348. The van der Waals surface area contributed by atoms with Crippen LogP contribution in [0.4, 0.5) is 19.0 Å². The number of aromatic nitrogens is 5. The third-order valence-electron chi connectivity index (χ3n) is 7.01. The largest absolute Gasteiger partial charge is 0.363 e. The zero-order valence-electron chi connectivity index (χ0n) is 18.7. The number of halogens is 3. The van der Waals surface area contributed by atoms with Crippen LogP contribution >= 0.6 is 0 Å². The van der Waals surface area contributed by atoms with Gasteiger partial charge < -0.3 is 15.5 Å². The number of likely N-dealkylation sites (tertiary alicyclic amines) is 1. The van der Waals surface area contributed by atoms with Gasteiger partial charge in [-0.05, 0) is 19.4 Å². The maximum Gasteiger partial charge on any atom is 0.266 e. The van der Waals surface area contributed by atoms with Crippen molar-refractivity contribution in [2.45, 2.75) is 31.4 Å². The molecule has 0 bridgehead atoms. The number of hydrogen-bond donors (Lipinski definition) is 2. The van der Waals surface area contributed by atoms with Crippen LogP contribution < -0.4 is 10.6 Å². The summed E-state index contributed by atoms with van der Waals surface area (Å²) in [4.78, 5) is 28.3. The minimum atomic E-state index is -2.92. The second kappa shape index (κ2) is 7.87. The van der Waals surface area contributed by atoms with Crippen molar-refractivity contribution in [2.24, 2.45) is 0 Å². The number of fused-ring (bicyclic) bond motifs is 3. The molecule has 0 aliphatic carbocycles. The van der Waals surface area contributed by atoms with Gasteiger partial charge in [-0.1, -0.05) is 18.2 Å². The van der Waals surface area contributed by atoms with Gasteiger partial charge in [-0.2, -0.15) is 9.61 Å². The van der Waals surface area contributed by atoms with Gasteiger partial charge in [-0.15, -0.1) is 0 Å². The summed E-state index contributed by atoms with van der Waals surface area (Å²) in [6.45, 7) is 3.82. The third-order valence-corrected chi connectivity index (χ3v) is 7.01. The summed E-state index contributed by atoms with van der Waals surface area (Å²) < 4.78 is 42.6. The lowest BCUT2D eigenvalue weighted by Gasteiger charge is -2.58. The van der Waals surface area contributed by atoms with Crippen LogP contribution in [0.5, 0.6) is 0 Å². The minimum Gasteiger partial charge on any atom is -0.363 e. The fourth-order valence-corrected chi connectivity index (χ4v) is 4.89.